The molecule has 9 nitrogen and oxygen atoms in total. The van der Waals surface area contributed by atoms with Gasteiger partial charge in [-0.15, -0.1) is 10.2 Å². The number of nitro groups is 1. The minimum absolute atomic E-state index is 0.183. The molecule has 9 heteroatoms. The van der Waals surface area contributed by atoms with E-state index in [-0.39, 0.29) is 11.3 Å². The molecule has 1 atom stereocenters. The van der Waals surface area contributed by atoms with Gasteiger partial charge in [-0.05, 0) is 31.2 Å². The minimum atomic E-state index is -0.520. The lowest BCUT2D eigenvalue weighted by molar-refractivity contribution is -0.383. The monoisotopic (exact) mass is 366 g/mol. The molecule has 2 aromatic carbocycles. The fraction of sp³-hybridized carbons (Fsp3) is 0.167. The average Bonchev–Trinajstić information content (AvgIpc) is 3.08. The van der Waals surface area contributed by atoms with E-state index in [1.165, 1.54) is 24.5 Å². The Balaban J connectivity index is 1.82. The number of aromatic nitrogens is 3. The number of aryl methyl sites for hydroxylation is 1. The van der Waals surface area contributed by atoms with Crippen LogP contribution in [0.3, 0.4) is 0 Å². The standard InChI is InChI=1S/C18H18N6O3/c1-12(17-22-19-11-23(17)2)20-18(25)13-8-9-15(16(10-13)24(26)27)21-14-6-4-3-5-7-14/h3-12,21H,1-2H3,(H,20,25)/t12-/m1/s1. The molecule has 0 fully saturated rings. The maximum absolute atomic E-state index is 12.5. The normalized spacial score (nSPS) is 11.6. The summed E-state index contributed by atoms with van der Waals surface area (Å²) >= 11 is 0. The Labute approximate surface area is 155 Å². The molecule has 1 heterocycles. The Bertz CT molecular complexity index is 970. The van der Waals surface area contributed by atoms with Gasteiger partial charge in [0.25, 0.3) is 11.6 Å². The van der Waals surface area contributed by atoms with E-state index < -0.39 is 16.9 Å². The highest BCUT2D eigenvalue weighted by Crippen LogP contribution is 2.28. The van der Waals surface area contributed by atoms with Crippen molar-refractivity contribution in [3.8, 4) is 0 Å². The lowest BCUT2D eigenvalue weighted by Gasteiger charge is -2.13. The lowest BCUT2D eigenvalue weighted by atomic mass is 10.1. The molecule has 0 bridgehead atoms. The second-order valence-corrected chi connectivity index (χ2v) is 5.98. The van der Waals surface area contributed by atoms with Crippen LogP contribution in [0.5, 0.6) is 0 Å². The third-order valence-corrected chi connectivity index (χ3v) is 3.99. The highest BCUT2D eigenvalue weighted by Gasteiger charge is 2.20. The number of nitro benzene ring substituents is 1. The summed E-state index contributed by atoms with van der Waals surface area (Å²) in [5.74, 6) is 0.153. The van der Waals surface area contributed by atoms with Crippen LogP contribution < -0.4 is 10.6 Å². The first kappa shape index (κ1) is 18.1. The molecule has 0 aliphatic carbocycles. The zero-order valence-corrected chi connectivity index (χ0v) is 14.8. The van der Waals surface area contributed by atoms with Gasteiger partial charge in [0, 0.05) is 24.4 Å². The van der Waals surface area contributed by atoms with Gasteiger partial charge in [-0.3, -0.25) is 14.9 Å². The van der Waals surface area contributed by atoms with Crippen LogP contribution in [-0.2, 0) is 7.05 Å². The number of para-hydroxylation sites is 1. The summed E-state index contributed by atoms with van der Waals surface area (Å²) < 4.78 is 1.69. The summed E-state index contributed by atoms with van der Waals surface area (Å²) in [5.41, 5.74) is 1.03. The van der Waals surface area contributed by atoms with E-state index in [0.29, 0.717) is 17.2 Å². The maximum Gasteiger partial charge on any atom is 0.293 e. The highest BCUT2D eigenvalue weighted by molar-refractivity contribution is 5.96. The number of rotatable bonds is 6. The molecule has 2 N–H and O–H groups in total. The first-order valence-electron chi connectivity index (χ1n) is 8.21. The molecule has 0 radical (unpaired) electrons. The van der Waals surface area contributed by atoms with E-state index in [1.807, 2.05) is 18.2 Å². The largest absolute Gasteiger partial charge is 0.350 e. The van der Waals surface area contributed by atoms with Crippen molar-refractivity contribution in [2.45, 2.75) is 13.0 Å². The molecule has 0 saturated heterocycles. The van der Waals surface area contributed by atoms with Crippen molar-refractivity contribution in [1.29, 1.82) is 0 Å². The number of nitrogens with one attached hydrogen (secondary N) is 2. The van der Waals surface area contributed by atoms with E-state index in [0.717, 1.165) is 0 Å². The van der Waals surface area contributed by atoms with E-state index in [4.69, 9.17) is 0 Å². The highest BCUT2D eigenvalue weighted by atomic mass is 16.6. The average molecular weight is 366 g/mol. The van der Waals surface area contributed by atoms with Crippen molar-refractivity contribution in [3.63, 3.8) is 0 Å². The molecule has 1 aromatic heterocycles. The SMILES string of the molecule is C[C@@H](NC(=O)c1ccc(Nc2ccccc2)c([N+](=O)[O-])c1)c1nncn1C. The van der Waals surface area contributed by atoms with Gasteiger partial charge < -0.3 is 15.2 Å². The van der Waals surface area contributed by atoms with Crippen LogP contribution in [-0.4, -0.2) is 25.6 Å². The molecule has 0 aliphatic heterocycles. The Morgan fingerprint density at radius 2 is 1.96 bits per heavy atom. The van der Waals surface area contributed by atoms with E-state index in [2.05, 4.69) is 20.8 Å². The van der Waals surface area contributed by atoms with Crippen LogP contribution in [0.1, 0.15) is 29.1 Å². The number of hydrogen-bond acceptors (Lipinski definition) is 6. The third-order valence-electron chi connectivity index (χ3n) is 3.99. The second-order valence-electron chi connectivity index (χ2n) is 5.98. The third kappa shape index (κ3) is 4.09. The van der Waals surface area contributed by atoms with Gasteiger partial charge in [-0.2, -0.15) is 0 Å². The van der Waals surface area contributed by atoms with E-state index in [9.17, 15) is 14.9 Å². The van der Waals surface area contributed by atoms with Gasteiger partial charge in [-0.1, -0.05) is 18.2 Å². The Morgan fingerprint density at radius 3 is 2.59 bits per heavy atom. The fourth-order valence-electron chi connectivity index (χ4n) is 2.64. The first-order chi connectivity index (χ1) is 13.0. The molecular weight excluding hydrogens is 348 g/mol. The van der Waals surface area contributed by atoms with Crippen molar-refractivity contribution >= 4 is 23.0 Å². The second kappa shape index (κ2) is 7.65. The molecule has 3 aromatic rings. The zero-order valence-electron chi connectivity index (χ0n) is 14.8. The summed E-state index contributed by atoms with van der Waals surface area (Å²) in [6, 6.07) is 13.0. The molecule has 0 unspecified atom stereocenters. The number of amides is 1. The summed E-state index contributed by atoms with van der Waals surface area (Å²) in [4.78, 5) is 23.4. The van der Waals surface area contributed by atoms with Crippen LogP contribution in [0.15, 0.2) is 54.9 Å². The lowest BCUT2D eigenvalue weighted by Crippen LogP contribution is -2.28. The van der Waals surface area contributed by atoms with Gasteiger partial charge in [-0.25, -0.2) is 0 Å². The predicted octanol–water partition coefficient (Wildman–Crippen LogP) is 2.96. The van der Waals surface area contributed by atoms with Crippen molar-refractivity contribution in [3.05, 3.63) is 76.4 Å². The van der Waals surface area contributed by atoms with Crippen molar-refractivity contribution in [2.24, 2.45) is 7.05 Å². The van der Waals surface area contributed by atoms with Crippen molar-refractivity contribution < 1.29 is 9.72 Å². The van der Waals surface area contributed by atoms with Crippen LogP contribution in [0, 0.1) is 10.1 Å². The number of carbonyl (C=O) groups excluding carboxylic acids is 1. The Hall–Kier alpha value is -3.75. The number of hydrogen-bond donors (Lipinski definition) is 2. The molecule has 0 aliphatic rings. The van der Waals surface area contributed by atoms with Gasteiger partial charge in [0.2, 0.25) is 0 Å². The molecule has 27 heavy (non-hydrogen) atoms. The molecular formula is C18H18N6O3. The van der Waals surface area contributed by atoms with E-state index >= 15 is 0 Å². The van der Waals surface area contributed by atoms with Gasteiger partial charge in [0.15, 0.2) is 5.82 Å². The van der Waals surface area contributed by atoms with E-state index in [1.54, 1.807) is 30.7 Å². The minimum Gasteiger partial charge on any atom is -0.350 e. The predicted molar refractivity (Wildman–Crippen MR) is 99.7 cm³/mol. The van der Waals surface area contributed by atoms with Crippen LogP contribution >= 0.6 is 0 Å². The number of benzene rings is 2. The smallest absolute Gasteiger partial charge is 0.293 e. The molecule has 3 rings (SSSR count). The quantitative estimate of drug-likeness (QED) is 0.512. The summed E-state index contributed by atoms with van der Waals surface area (Å²) in [7, 11) is 1.77. The first-order valence-corrected chi connectivity index (χ1v) is 8.21. The summed E-state index contributed by atoms with van der Waals surface area (Å²) in [6.45, 7) is 1.77. The molecule has 138 valence electrons. The van der Waals surface area contributed by atoms with Gasteiger partial charge in [0.1, 0.15) is 12.0 Å². The maximum atomic E-state index is 12.5. The molecule has 0 saturated carbocycles. The fourth-order valence-corrected chi connectivity index (χ4v) is 2.64. The van der Waals surface area contributed by atoms with Crippen molar-refractivity contribution in [1.82, 2.24) is 20.1 Å². The van der Waals surface area contributed by atoms with Crippen molar-refractivity contribution in [2.75, 3.05) is 5.32 Å². The zero-order chi connectivity index (χ0) is 19.4. The van der Waals surface area contributed by atoms with Crippen LogP contribution in [0.4, 0.5) is 17.1 Å². The number of anilines is 2. The van der Waals surface area contributed by atoms with Gasteiger partial charge >= 0.3 is 0 Å². The number of nitrogens with zero attached hydrogens (tertiary/aromatic N) is 4. The van der Waals surface area contributed by atoms with Crippen LogP contribution in [0.2, 0.25) is 0 Å². The molecule has 1 amide bonds. The topological polar surface area (TPSA) is 115 Å². The van der Waals surface area contributed by atoms with Crippen LogP contribution in [0.25, 0.3) is 0 Å². The summed E-state index contributed by atoms with van der Waals surface area (Å²) in [5, 5.41) is 24.9. The molecule has 0 spiro atoms. The Kier molecular flexibility index (Phi) is 5.11. The Morgan fingerprint density at radius 1 is 1.22 bits per heavy atom. The van der Waals surface area contributed by atoms with Gasteiger partial charge in [0.05, 0.1) is 11.0 Å². The number of carbonyl (C=O) groups is 1. The summed E-state index contributed by atoms with van der Waals surface area (Å²) in [6.07, 6.45) is 1.53.